The van der Waals surface area contributed by atoms with Crippen molar-refractivity contribution in [3.05, 3.63) is 12.2 Å². The van der Waals surface area contributed by atoms with Crippen molar-refractivity contribution in [2.45, 2.75) is 59.0 Å². The lowest BCUT2D eigenvalue weighted by Crippen LogP contribution is -2.19. The molecule has 1 unspecified atom stereocenters. The van der Waals surface area contributed by atoms with Crippen molar-refractivity contribution in [2.24, 2.45) is 0 Å². The highest BCUT2D eigenvalue weighted by Crippen LogP contribution is 2.13. The van der Waals surface area contributed by atoms with E-state index in [0.717, 1.165) is 19.3 Å². The van der Waals surface area contributed by atoms with Gasteiger partial charge in [0, 0.05) is 12.5 Å². The van der Waals surface area contributed by atoms with E-state index in [9.17, 15) is 9.59 Å². The molecule has 104 valence electrons. The van der Waals surface area contributed by atoms with E-state index in [2.05, 4.69) is 13.5 Å². The summed E-state index contributed by atoms with van der Waals surface area (Å²) in [7, 11) is 0. The van der Waals surface area contributed by atoms with Crippen LogP contribution in [0.25, 0.3) is 0 Å². The van der Waals surface area contributed by atoms with Gasteiger partial charge in [-0.3, -0.25) is 4.79 Å². The van der Waals surface area contributed by atoms with Crippen molar-refractivity contribution in [1.82, 2.24) is 0 Å². The third-order valence-electron chi connectivity index (χ3n) is 2.48. The zero-order valence-electron chi connectivity index (χ0n) is 11.7. The van der Waals surface area contributed by atoms with Crippen LogP contribution in [0.2, 0.25) is 0 Å². The molecular formula is C14H24O4. The predicted octanol–water partition coefficient (Wildman–Crippen LogP) is 3.01. The molecule has 18 heavy (non-hydrogen) atoms. The smallest absolute Gasteiger partial charge is 0.333 e. The largest absolute Gasteiger partial charge is 0.466 e. The average molecular weight is 256 g/mol. The van der Waals surface area contributed by atoms with Crippen LogP contribution in [-0.4, -0.2) is 24.6 Å². The molecule has 0 aromatic carbocycles. The van der Waals surface area contributed by atoms with Gasteiger partial charge in [-0.25, -0.2) is 4.79 Å². The van der Waals surface area contributed by atoms with E-state index in [0.29, 0.717) is 25.0 Å². The number of ether oxygens (including phenoxy) is 2. The molecule has 0 amide bonds. The Morgan fingerprint density at radius 3 is 2.28 bits per heavy atom. The van der Waals surface area contributed by atoms with Gasteiger partial charge in [-0.2, -0.15) is 0 Å². The van der Waals surface area contributed by atoms with E-state index in [-0.39, 0.29) is 18.0 Å². The molecule has 0 rings (SSSR count). The zero-order chi connectivity index (χ0) is 14.0. The molecule has 0 N–H and O–H groups in total. The maximum absolute atomic E-state index is 11.5. The Morgan fingerprint density at radius 1 is 1.17 bits per heavy atom. The van der Waals surface area contributed by atoms with E-state index in [1.165, 1.54) is 6.92 Å². The van der Waals surface area contributed by atoms with Crippen LogP contribution in [0.1, 0.15) is 52.9 Å². The molecule has 0 spiro atoms. The summed E-state index contributed by atoms with van der Waals surface area (Å²) in [6, 6.07) is 0. The number of carbonyl (C=O) groups is 2. The minimum Gasteiger partial charge on any atom is -0.466 e. The van der Waals surface area contributed by atoms with E-state index in [1.807, 2.05) is 0 Å². The number of esters is 2. The zero-order valence-corrected chi connectivity index (χ0v) is 11.7. The average Bonchev–Trinajstić information content (AvgIpc) is 2.30. The molecule has 4 heteroatoms. The Kier molecular flexibility index (Phi) is 8.97. The summed E-state index contributed by atoms with van der Waals surface area (Å²) < 4.78 is 10.2. The third kappa shape index (κ3) is 8.79. The van der Waals surface area contributed by atoms with Crippen LogP contribution in [0.3, 0.4) is 0 Å². The molecule has 0 aliphatic carbocycles. The van der Waals surface area contributed by atoms with Crippen LogP contribution in [0.4, 0.5) is 0 Å². The Morgan fingerprint density at radius 2 is 1.78 bits per heavy atom. The molecule has 0 saturated heterocycles. The molecular weight excluding hydrogens is 232 g/mol. The highest BCUT2D eigenvalue weighted by molar-refractivity contribution is 5.87. The SMILES string of the molecule is C=C(C)C(=O)OC(CCCC)CCCOC(C)=O. The molecule has 0 aliphatic rings. The van der Waals surface area contributed by atoms with E-state index < -0.39 is 0 Å². The van der Waals surface area contributed by atoms with Crippen molar-refractivity contribution in [2.75, 3.05) is 6.61 Å². The molecule has 4 nitrogen and oxygen atoms in total. The minimum absolute atomic E-state index is 0.107. The van der Waals surface area contributed by atoms with Gasteiger partial charge < -0.3 is 9.47 Å². The van der Waals surface area contributed by atoms with Gasteiger partial charge in [-0.1, -0.05) is 26.3 Å². The van der Waals surface area contributed by atoms with Crippen LogP contribution in [0, 0.1) is 0 Å². The molecule has 0 aliphatic heterocycles. The first-order valence-electron chi connectivity index (χ1n) is 6.47. The number of carbonyl (C=O) groups excluding carboxylic acids is 2. The maximum atomic E-state index is 11.5. The summed E-state index contributed by atoms with van der Waals surface area (Å²) in [5.74, 6) is -0.623. The maximum Gasteiger partial charge on any atom is 0.333 e. The van der Waals surface area contributed by atoms with Gasteiger partial charge in [0.05, 0.1) is 6.61 Å². The summed E-state index contributed by atoms with van der Waals surface area (Å²) in [5.41, 5.74) is 0.413. The highest BCUT2D eigenvalue weighted by Gasteiger charge is 2.14. The molecule has 0 fully saturated rings. The van der Waals surface area contributed by atoms with Crippen molar-refractivity contribution in [1.29, 1.82) is 0 Å². The standard InChI is InChI=1S/C14H24O4/c1-5-6-8-13(18-14(16)11(2)3)9-7-10-17-12(4)15/h13H,2,5-10H2,1,3-4H3. The number of rotatable bonds is 9. The monoisotopic (exact) mass is 256 g/mol. The summed E-state index contributed by atoms with van der Waals surface area (Å²) in [6.07, 6.45) is 4.23. The molecule has 0 bridgehead atoms. The number of unbranched alkanes of at least 4 members (excludes halogenated alkanes) is 1. The molecule has 0 aromatic heterocycles. The number of hydrogen-bond acceptors (Lipinski definition) is 4. The molecule has 0 saturated carbocycles. The Hall–Kier alpha value is -1.32. The van der Waals surface area contributed by atoms with E-state index >= 15 is 0 Å². The minimum atomic E-state index is -0.344. The summed E-state index contributed by atoms with van der Waals surface area (Å²) >= 11 is 0. The van der Waals surface area contributed by atoms with Gasteiger partial charge in [0.25, 0.3) is 0 Å². The van der Waals surface area contributed by atoms with E-state index in [4.69, 9.17) is 9.47 Å². The topological polar surface area (TPSA) is 52.6 Å². The van der Waals surface area contributed by atoms with Crippen molar-refractivity contribution in [3.63, 3.8) is 0 Å². The first-order chi connectivity index (χ1) is 8.47. The Labute approximate surface area is 109 Å². The van der Waals surface area contributed by atoms with Crippen molar-refractivity contribution in [3.8, 4) is 0 Å². The molecule has 0 heterocycles. The molecule has 1 atom stereocenters. The second kappa shape index (κ2) is 9.68. The number of hydrogen-bond donors (Lipinski definition) is 0. The Balaban J connectivity index is 4.01. The van der Waals surface area contributed by atoms with Crippen LogP contribution in [0.15, 0.2) is 12.2 Å². The lowest BCUT2D eigenvalue weighted by molar-refractivity contribution is -0.146. The van der Waals surface area contributed by atoms with Crippen LogP contribution >= 0.6 is 0 Å². The van der Waals surface area contributed by atoms with Gasteiger partial charge in [-0.15, -0.1) is 0 Å². The van der Waals surface area contributed by atoms with Gasteiger partial charge in [0.1, 0.15) is 6.10 Å². The predicted molar refractivity (Wildman–Crippen MR) is 70.1 cm³/mol. The van der Waals surface area contributed by atoms with Gasteiger partial charge >= 0.3 is 11.9 Å². The lowest BCUT2D eigenvalue weighted by atomic mass is 10.1. The highest BCUT2D eigenvalue weighted by atomic mass is 16.5. The lowest BCUT2D eigenvalue weighted by Gasteiger charge is -2.17. The van der Waals surface area contributed by atoms with Crippen molar-refractivity contribution >= 4 is 11.9 Å². The fourth-order valence-electron chi connectivity index (χ4n) is 1.47. The van der Waals surface area contributed by atoms with Crippen LogP contribution in [-0.2, 0) is 19.1 Å². The van der Waals surface area contributed by atoms with Gasteiger partial charge in [0.2, 0.25) is 0 Å². The summed E-state index contributed by atoms with van der Waals surface area (Å²) in [4.78, 5) is 22.1. The first kappa shape index (κ1) is 16.7. The van der Waals surface area contributed by atoms with Gasteiger partial charge in [0.15, 0.2) is 0 Å². The van der Waals surface area contributed by atoms with Crippen LogP contribution < -0.4 is 0 Å². The summed E-state index contributed by atoms with van der Waals surface area (Å²) in [6.45, 7) is 9.06. The van der Waals surface area contributed by atoms with Crippen LogP contribution in [0.5, 0.6) is 0 Å². The molecule has 0 radical (unpaired) electrons. The fraction of sp³-hybridized carbons (Fsp3) is 0.714. The van der Waals surface area contributed by atoms with Crippen molar-refractivity contribution < 1.29 is 19.1 Å². The van der Waals surface area contributed by atoms with Gasteiger partial charge in [-0.05, 0) is 26.2 Å². The van der Waals surface area contributed by atoms with E-state index in [1.54, 1.807) is 6.92 Å². The summed E-state index contributed by atoms with van der Waals surface area (Å²) in [5, 5.41) is 0. The second-order valence-corrected chi connectivity index (χ2v) is 4.43. The first-order valence-corrected chi connectivity index (χ1v) is 6.47. The second-order valence-electron chi connectivity index (χ2n) is 4.43. The quantitative estimate of drug-likeness (QED) is 0.361. The molecule has 0 aromatic rings. The normalized spacial score (nSPS) is 11.7. The Bertz CT molecular complexity index is 284. The fourth-order valence-corrected chi connectivity index (χ4v) is 1.47. The third-order valence-corrected chi connectivity index (χ3v) is 2.48.